The van der Waals surface area contributed by atoms with Gasteiger partial charge in [0.1, 0.15) is 0 Å². The van der Waals surface area contributed by atoms with Crippen molar-refractivity contribution in [2.24, 2.45) is 11.7 Å². The molecular weight excluding hydrogens is 344 g/mol. The highest BCUT2D eigenvalue weighted by Crippen LogP contribution is 2.28. The van der Waals surface area contributed by atoms with Gasteiger partial charge in [0.15, 0.2) is 0 Å². The van der Waals surface area contributed by atoms with Crippen molar-refractivity contribution in [2.75, 3.05) is 38.0 Å². The normalized spacial score (nSPS) is 18.4. The van der Waals surface area contributed by atoms with E-state index in [0.29, 0.717) is 30.1 Å². The summed E-state index contributed by atoms with van der Waals surface area (Å²) in [6.07, 6.45) is 4.61. The molecule has 3 amide bonds. The molecule has 27 heavy (non-hydrogen) atoms. The summed E-state index contributed by atoms with van der Waals surface area (Å²) in [6.45, 7) is 3.99. The first kappa shape index (κ1) is 19.4. The third-order valence-electron chi connectivity index (χ3n) is 5.46. The van der Waals surface area contributed by atoms with Gasteiger partial charge in [-0.3, -0.25) is 14.4 Å². The van der Waals surface area contributed by atoms with Gasteiger partial charge < -0.3 is 20.9 Å². The first-order valence-electron chi connectivity index (χ1n) is 9.74. The minimum Gasteiger partial charge on any atom is -0.366 e. The van der Waals surface area contributed by atoms with E-state index < -0.39 is 5.91 Å². The lowest BCUT2D eigenvalue weighted by atomic mass is 9.84. The van der Waals surface area contributed by atoms with Gasteiger partial charge in [0.2, 0.25) is 17.7 Å². The topological polar surface area (TPSA) is 95.7 Å². The van der Waals surface area contributed by atoms with Crippen LogP contribution in [-0.4, -0.2) is 60.2 Å². The van der Waals surface area contributed by atoms with Crippen LogP contribution in [0.4, 0.5) is 5.69 Å². The fourth-order valence-electron chi connectivity index (χ4n) is 3.53. The minimum absolute atomic E-state index is 0.0616. The summed E-state index contributed by atoms with van der Waals surface area (Å²) in [5, 5.41) is 2.84. The summed E-state index contributed by atoms with van der Waals surface area (Å²) in [4.78, 5) is 39.9. The molecule has 0 atom stereocenters. The smallest absolute Gasteiger partial charge is 0.248 e. The van der Waals surface area contributed by atoms with Crippen LogP contribution in [0, 0.1) is 5.92 Å². The number of benzene rings is 1. The van der Waals surface area contributed by atoms with Gasteiger partial charge in [-0.15, -0.1) is 0 Å². The fourth-order valence-corrected chi connectivity index (χ4v) is 3.53. The summed E-state index contributed by atoms with van der Waals surface area (Å²) in [5.74, 6) is 0.0240. The number of anilines is 1. The largest absolute Gasteiger partial charge is 0.366 e. The number of primary amides is 1. The molecule has 0 spiro atoms. The molecule has 0 aromatic heterocycles. The van der Waals surface area contributed by atoms with Crippen LogP contribution in [-0.2, 0) is 9.59 Å². The van der Waals surface area contributed by atoms with E-state index in [1.54, 1.807) is 24.3 Å². The Morgan fingerprint density at radius 3 is 2.37 bits per heavy atom. The molecule has 146 valence electrons. The van der Waals surface area contributed by atoms with Gasteiger partial charge >= 0.3 is 0 Å². The first-order chi connectivity index (χ1) is 13.0. The Kier molecular flexibility index (Phi) is 6.45. The van der Waals surface area contributed by atoms with Crippen molar-refractivity contribution < 1.29 is 14.4 Å². The highest BCUT2D eigenvalue weighted by atomic mass is 16.2. The summed E-state index contributed by atoms with van der Waals surface area (Å²) in [7, 11) is 0. The number of hydrogen-bond acceptors (Lipinski definition) is 4. The zero-order valence-corrected chi connectivity index (χ0v) is 15.7. The third-order valence-corrected chi connectivity index (χ3v) is 5.46. The Morgan fingerprint density at radius 1 is 1.00 bits per heavy atom. The molecule has 1 saturated heterocycles. The lowest BCUT2D eigenvalue weighted by Gasteiger charge is -2.31. The molecule has 7 heteroatoms. The van der Waals surface area contributed by atoms with E-state index in [0.717, 1.165) is 45.4 Å². The number of rotatable bonds is 6. The first-order valence-corrected chi connectivity index (χ1v) is 9.74. The highest BCUT2D eigenvalue weighted by molar-refractivity contribution is 5.94. The van der Waals surface area contributed by atoms with E-state index in [1.165, 1.54) is 6.42 Å². The molecule has 0 radical (unpaired) electrons. The molecule has 1 saturated carbocycles. The average molecular weight is 372 g/mol. The van der Waals surface area contributed by atoms with Crippen LogP contribution in [0.15, 0.2) is 24.3 Å². The van der Waals surface area contributed by atoms with Crippen LogP contribution < -0.4 is 11.1 Å². The molecule has 2 fully saturated rings. The predicted octanol–water partition coefficient (Wildman–Crippen LogP) is 1.45. The monoisotopic (exact) mass is 372 g/mol. The van der Waals surface area contributed by atoms with Gasteiger partial charge in [0.05, 0.1) is 0 Å². The minimum atomic E-state index is -0.487. The maximum atomic E-state index is 12.4. The SMILES string of the molecule is NC(=O)c1ccc(NC(=O)CCN2CCCN(C(=O)C3CCC3)CC2)cc1. The summed E-state index contributed by atoms with van der Waals surface area (Å²) < 4.78 is 0. The Labute approximate surface area is 159 Å². The van der Waals surface area contributed by atoms with Crippen molar-refractivity contribution in [3.63, 3.8) is 0 Å². The number of nitrogens with two attached hydrogens (primary N) is 1. The van der Waals surface area contributed by atoms with Crippen molar-refractivity contribution in [1.82, 2.24) is 9.80 Å². The molecular formula is C20H28N4O3. The zero-order chi connectivity index (χ0) is 19.2. The van der Waals surface area contributed by atoms with Crippen LogP contribution in [0.25, 0.3) is 0 Å². The second kappa shape index (κ2) is 8.99. The molecule has 3 N–H and O–H groups in total. The van der Waals surface area contributed by atoms with Gasteiger partial charge in [-0.05, 0) is 50.1 Å². The number of hydrogen-bond donors (Lipinski definition) is 2. The van der Waals surface area contributed by atoms with Crippen molar-refractivity contribution in [2.45, 2.75) is 32.1 Å². The number of amides is 3. The van der Waals surface area contributed by atoms with Crippen LogP contribution >= 0.6 is 0 Å². The Hall–Kier alpha value is -2.41. The summed E-state index contributed by atoms with van der Waals surface area (Å²) >= 11 is 0. The van der Waals surface area contributed by atoms with E-state index in [2.05, 4.69) is 10.2 Å². The number of carbonyl (C=O) groups excluding carboxylic acids is 3. The van der Waals surface area contributed by atoms with Crippen LogP contribution in [0.1, 0.15) is 42.5 Å². The molecule has 1 aromatic carbocycles. The molecule has 0 unspecified atom stereocenters. The molecule has 1 aliphatic carbocycles. The lowest BCUT2D eigenvalue weighted by Crippen LogP contribution is -2.41. The van der Waals surface area contributed by atoms with Gasteiger partial charge in [-0.25, -0.2) is 0 Å². The van der Waals surface area contributed by atoms with Crippen molar-refractivity contribution in [3.8, 4) is 0 Å². The predicted molar refractivity (Wildman–Crippen MR) is 103 cm³/mol. The maximum absolute atomic E-state index is 12.4. The summed E-state index contributed by atoms with van der Waals surface area (Å²) in [6, 6.07) is 6.54. The Morgan fingerprint density at radius 2 is 1.74 bits per heavy atom. The average Bonchev–Trinajstić information content (AvgIpc) is 2.84. The van der Waals surface area contributed by atoms with Crippen molar-refractivity contribution in [3.05, 3.63) is 29.8 Å². The molecule has 1 aromatic rings. The Balaban J connectivity index is 1.40. The quantitative estimate of drug-likeness (QED) is 0.790. The number of carbonyl (C=O) groups is 3. The molecule has 7 nitrogen and oxygen atoms in total. The van der Waals surface area contributed by atoms with Gasteiger partial charge in [-0.2, -0.15) is 0 Å². The Bertz CT molecular complexity index is 685. The standard InChI is InChI=1S/C20H28N4O3/c21-19(26)15-5-7-17(8-6-15)22-18(25)9-12-23-10-2-11-24(14-13-23)20(27)16-3-1-4-16/h5-8,16H,1-4,9-14H2,(H2,21,26)(H,22,25). The van der Waals surface area contributed by atoms with Crippen LogP contribution in [0.5, 0.6) is 0 Å². The second-order valence-electron chi connectivity index (χ2n) is 7.39. The van der Waals surface area contributed by atoms with Crippen LogP contribution in [0.2, 0.25) is 0 Å². The molecule has 1 heterocycles. The molecule has 3 rings (SSSR count). The van der Waals surface area contributed by atoms with E-state index in [-0.39, 0.29) is 11.8 Å². The van der Waals surface area contributed by atoms with E-state index in [9.17, 15) is 14.4 Å². The van der Waals surface area contributed by atoms with Crippen LogP contribution in [0.3, 0.4) is 0 Å². The fraction of sp³-hybridized carbons (Fsp3) is 0.550. The molecule has 2 aliphatic rings. The second-order valence-corrected chi connectivity index (χ2v) is 7.39. The lowest BCUT2D eigenvalue weighted by molar-refractivity contribution is -0.138. The highest BCUT2D eigenvalue weighted by Gasteiger charge is 2.30. The van der Waals surface area contributed by atoms with E-state index in [4.69, 9.17) is 5.73 Å². The van der Waals surface area contributed by atoms with Gasteiger partial charge in [0.25, 0.3) is 0 Å². The molecule has 0 bridgehead atoms. The maximum Gasteiger partial charge on any atom is 0.248 e. The van der Waals surface area contributed by atoms with Crippen molar-refractivity contribution >= 4 is 23.4 Å². The van der Waals surface area contributed by atoms with E-state index >= 15 is 0 Å². The van der Waals surface area contributed by atoms with Gasteiger partial charge in [0, 0.05) is 49.8 Å². The molecule has 1 aliphatic heterocycles. The van der Waals surface area contributed by atoms with Crippen molar-refractivity contribution in [1.29, 1.82) is 0 Å². The zero-order valence-electron chi connectivity index (χ0n) is 15.7. The summed E-state index contributed by atoms with van der Waals surface area (Å²) in [5.41, 5.74) is 6.27. The number of nitrogens with one attached hydrogen (secondary N) is 1. The number of nitrogens with zero attached hydrogens (tertiary/aromatic N) is 2. The third kappa shape index (κ3) is 5.29. The van der Waals surface area contributed by atoms with Gasteiger partial charge in [-0.1, -0.05) is 6.42 Å². The van der Waals surface area contributed by atoms with E-state index in [1.807, 2.05) is 4.90 Å².